The molecule has 0 fully saturated rings. The monoisotopic (exact) mass is 292 g/mol. The zero-order chi connectivity index (χ0) is 14.8. The van der Waals surface area contributed by atoms with Gasteiger partial charge in [-0.15, -0.1) is 5.10 Å². The van der Waals surface area contributed by atoms with Gasteiger partial charge < -0.3 is 4.74 Å². The van der Waals surface area contributed by atoms with E-state index in [1.807, 2.05) is 24.3 Å². The largest absolute Gasteiger partial charge is 0.496 e. The predicted molar refractivity (Wildman–Crippen MR) is 80.8 cm³/mol. The minimum Gasteiger partial charge on any atom is -0.496 e. The molecule has 108 valence electrons. The molecule has 0 aliphatic heterocycles. The maximum atomic E-state index is 5.78. The highest BCUT2D eigenvalue weighted by atomic mass is 32.1. The lowest BCUT2D eigenvalue weighted by atomic mass is 9.89. The van der Waals surface area contributed by atoms with Crippen molar-refractivity contribution in [3.63, 3.8) is 0 Å². The van der Waals surface area contributed by atoms with Crippen molar-refractivity contribution in [3.05, 3.63) is 40.4 Å². The van der Waals surface area contributed by atoms with E-state index in [1.54, 1.807) is 7.11 Å². The van der Waals surface area contributed by atoms with Gasteiger partial charge in [0.05, 0.1) is 23.7 Å². The van der Waals surface area contributed by atoms with Gasteiger partial charge in [-0.05, 0) is 17.6 Å². The number of rotatable bonds is 4. The number of nitrogens with one attached hydrogen (secondary N) is 1. The number of aromatic nitrogens is 2. The van der Waals surface area contributed by atoms with E-state index in [4.69, 9.17) is 10.6 Å². The van der Waals surface area contributed by atoms with Crippen LogP contribution >= 0.6 is 11.5 Å². The normalized spacial score (nSPS) is 13.2. The van der Waals surface area contributed by atoms with Gasteiger partial charge >= 0.3 is 0 Å². The molecule has 1 aromatic heterocycles. The molecule has 2 aromatic rings. The van der Waals surface area contributed by atoms with Crippen LogP contribution in [0.1, 0.15) is 42.9 Å². The molecule has 0 aliphatic rings. The molecule has 1 aromatic carbocycles. The van der Waals surface area contributed by atoms with Crippen LogP contribution in [0.4, 0.5) is 0 Å². The van der Waals surface area contributed by atoms with Gasteiger partial charge in [-0.2, -0.15) is 0 Å². The van der Waals surface area contributed by atoms with E-state index in [1.165, 1.54) is 11.5 Å². The first-order valence-corrected chi connectivity index (χ1v) is 7.18. The third-order valence-corrected chi connectivity index (χ3v) is 3.89. The highest BCUT2D eigenvalue weighted by molar-refractivity contribution is 7.05. The Morgan fingerprint density at radius 1 is 1.30 bits per heavy atom. The molecule has 6 heteroatoms. The summed E-state index contributed by atoms with van der Waals surface area (Å²) in [5.41, 5.74) is 4.71. The van der Waals surface area contributed by atoms with Gasteiger partial charge in [-0.25, -0.2) is 5.43 Å². The van der Waals surface area contributed by atoms with Crippen molar-refractivity contribution in [1.82, 2.24) is 15.0 Å². The van der Waals surface area contributed by atoms with E-state index in [0.29, 0.717) is 0 Å². The van der Waals surface area contributed by atoms with Crippen LogP contribution in [0.3, 0.4) is 0 Å². The maximum absolute atomic E-state index is 5.78. The number of benzene rings is 1. The number of nitrogens with two attached hydrogens (primary N) is 1. The number of methoxy groups -OCH3 is 1. The van der Waals surface area contributed by atoms with Crippen LogP contribution in [0.2, 0.25) is 0 Å². The van der Waals surface area contributed by atoms with E-state index in [9.17, 15) is 0 Å². The summed E-state index contributed by atoms with van der Waals surface area (Å²) >= 11 is 1.36. The SMILES string of the molecule is COc1ccccc1C(NN)c1snnc1C(C)(C)C. The number of hydrazine groups is 1. The van der Waals surface area contributed by atoms with Gasteiger partial charge in [0.15, 0.2) is 0 Å². The molecule has 3 N–H and O–H groups in total. The summed E-state index contributed by atoms with van der Waals surface area (Å²) in [5.74, 6) is 6.57. The van der Waals surface area contributed by atoms with E-state index in [-0.39, 0.29) is 11.5 Å². The first kappa shape index (κ1) is 14.9. The van der Waals surface area contributed by atoms with Crippen molar-refractivity contribution < 1.29 is 4.74 Å². The highest BCUT2D eigenvalue weighted by Crippen LogP contribution is 2.36. The third kappa shape index (κ3) is 2.82. The summed E-state index contributed by atoms with van der Waals surface area (Å²) in [6.07, 6.45) is 0. The summed E-state index contributed by atoms with van der Waals surface area (Å²) in [7, 11) is 1.65. The minimum atomic E-state index is -0.180. The van der Waals surface area contributed by atoms with Crippen LogP contribution in [0, 0.1) is 0 Å². The molecule has 5 nitrogen and oxygen atoms in total. The second-order valence-electron chi connectivity index (χ2n) is 5.58. The summed E-state index contributed by atoms with van der Waals surface area (Å²) in [6.45, 7) is 6.34. The van der Waals surface area contributed by atoms with E-state index in [0.717, 1.165) is 21.9 Å². The van der Waals surface area contributed by atoms with Crippen molar-refractivity contribution in [2.45, 2.75) is 32.2 Å². The highest BCUT2D eigenvalue weighted by Gasteiger charge is 2.28. The topological polar surface area (TPSA) is 73.1 Å². The van der Waals surface area contributed by atoms with Crippen LogP contribution in [0.15, 0.2) is 24.3 Å². The first-order valence-electron chi connectivity index (χ1n) is 6.40. The standard InChI is InChI=1S/C14H20N4OS/c1-14(2,3)13-12(20-18-17-13)11(16-15)9-7-5-6-8-10(9)19-4/h5-8,11,16H,15H2,1-4H3. The van der Waals surface area contributed by atoms with Crippen molar-refractivity contribution in [2.24, 2.45) is 5.84 Å². The van der Waals surface area contributed by atoms with Crippen LogP contribution in [0.25, 0.3) is 0 Å². The minimum absolute atomic E-state index is 0.0839. The Bertz CT molecular complexity index is 577. The fourth-order valence-corrected chi connectivity index (χ4v) is 3.06. The van der Waals surface area contributed by atoms with Gasteiger partial charge in [0.2, 0.25) is 0 Å². The number of nitrogens with zero attached hydrogens (tertiary/aromatic N) is 2. The Morgan fingerprint density at radius 2 is 2.00 bits per heavy atom. The van der Waals surface area contributed by atoms with Crippen molar-refractivity contribution in [3.8, 4) is 5.75 Å². The number of hydrogen-bond donors (Lipinski definition) is 2. The Kier molecular flexibility index (Phi) is 4.37. The van der Waals surface area contributed by atoms with E-state index >= 15 is 0 Å². The number of ether oxygens (including phenoxy) is 1. The Labute approximate surface area is 123 Å². The first-order chi connectivity index (χ1) is 9.49. The molecule has 1 heterocycles. The Morgan fingerprint density at radius 3 is 2.60 bits per heavy atom. The molecule has 0 spiro atoms. The molecular formula is C14H20N4OS. The molecule has 0 bridgehead atoms. The zero-order valence-electron chi connectivity index (χ0n) is 12.2. The van der Waals surface area contributed by atoms with Gasteiger partial charge in [-0.3, -0.25) is 5.84 Å². The second kappa shape index (κ2) is 5.87. The number of hydrogen-bond acceptors (Lipinski definition) is 6. The van der Waals surface area contributed by atoms with Gasteiger partial charge in [0, 0.05) is 11.0 Å². The molecule has 1 atom stereocenters. The lowest BCUT2D eigenvalue weighted by Crippen LogP contribution is -2.30. The van der Waals surface area contributed by atoms with Crippen molar-refractivity contribution in [2.75, 3.05) is 7.11 Å². The molecule has 1 unspecified atom stereocenters. The molecular weight excluding hydrogens is 272 g/mol. The van der Waals surface area contributed by atoms with Crippen LogP contribution in [-0.2, 0) is 5.41 Å². The predicted octanol–water partition coefficient (Wildman–Crippen LogP) is 2.40. The Hall–Kier alpha value is -1.50. The second-order valence-corrected chi connectivity index (χ2v) is 6.36. The summed E-state index contributed by atoms with van der Waals surface area (Å²) < 4.78 is 9.51. The van der Waals surface area contributed by atoms with Crippen LogP contribution in [0.5, 0.6) is 5.75 Å². The van der Waals surface area contributed by atoms with Crippen LogP contribution in [-0.4, -0.2) is 16.7 Å². The summed E-state index contributed by atoms with van der Waals surface area (Å²) in [6, 6.07) is 7.64. The zero-order valence-corrected chi connectivity index (χ0v) is 13.0. The van der Waals surface area contributed by atoms with E-state index < -0.39 is 0 Å². The fourth-order valence-electron chi connectivity index (χ4n) is 2.12. The smallest absolute Gasteiger partial charge is 0.124 e. The van der Waals surface area contributed by atoms with E-state index in [2.05, 4.69) is 35.8 Å². The molecule has 0 amide bonds. The van der Waals surface area contributed by atoms with Gasteiger partial charge in [0.25, 0.3) is 0 Å². The molecule has 20 heavy (non-hydrogen) atoms. The van der Waals surface area contributed by atoms with Gasteiger partial charge in [-0.1, -0.05) is 43.5 Å². The number of para-hydroxylation sites is 1. The Balaban J connectivity index is 2.51. The fraction of sp³-hybridized carbons (Fsp3) is 0.429. The molecule has 2 rings (SSSR count). The van der Waals surface area contributed by atoms with Gasteiger partial charge in [0.1, 0.15) is 5.75 Å². The average Bonchev–Trinajstić information content (AvgIpc) is 2.89. The third-order valence-electron chi connectivity index (χ3n) is 3.10. The molecule has 0 radical (unpaired) electrons. The summed E-state index contributed by atoms with van der Waals surface area (Å²) in [5, 5.41) is 4.27. The molecule has 0 aliphatic carbocycles. The molecule has 0 saturated heterocycles. The van der Waals surface area contributed by atoms with Crippen molar-refractivity contribution >= 4 is 11.5 Å². The van der Waals surface area contributed by atoms with Crippen molar-refractivity contribution in [1.29, 1.82) is 0 Å². The average molecular weight is 292 g/mol. The lowest BCUT2D eigenvalue weighted by molar-refractivity contribution is 0.404. The lowest BCUT2D eigenvalue weighted by Gasteiger charge is -2.22. The molecule has 0 saturated carbocycles. The van der Waals surface area contributed by atoms with Crippen LogP contribution < -0.4 is 16.0 Å². The maximum Gasteiger partial charge on any atom is 0.124 e. The summed E-state index contributed by atoms with van der Waals surface area (Å²) in [4.78, 5) is 1.02. The quantitative estimate of drug-likeness (QED) is 0.668.